The molecule has 0 spiro atoms. The van der Waals surface area contributed by atoms with E-state index in [1.54, 1.807) is 25.6 Å². The first-order valence-electron chi connectivity index (χ1n) is 4.50. The molecule has 5 heteroatoms. The van der Waals surface area contributed by atoms with Gasteiger partial charge in [0.15, 0.2) is 0 Å². The van der Waals surface area contributed by atoms with Gasteiger partial charge in [-0.2, -0.15) is 11.8 Å². The van der Waals surface area contributed by atoms with E-state index in [1.165, 1.54) is 0 Å². The highest BCUT2D eigenvalue weighted by atomic mass is 32.2. The number of ether oxygens (including phenoxy) is 1. The Morgan fingerprint density at radius 3 is 2.47 bits per heavy atom. The van der Waals surface area contributed by atoms with Crippen LogP contribution in [0.4, 0.5) is 0 Å². The van der Waals surface area contributed by atoms with Crippen molar-refractivity contribution in [2.45, 2.75) is 25.9 Å². The summed E-state index contributed by atoms with van der Waals surface area (Å²) in [6.07, 6.45) is 4.40. The molecule has 0 atom stereocenters. The van der Waals surface area contributed by atoms with Gasteiger partial charge < -0.3 is 9.84 Å². The molecule has 0 saturated heterocycles. The molecular weight excluding hydrogens is 216 g/mol. The third-order valence-corrected chi connectivity index (χ3v) is 2.26. The van der Waals surface area contributed by atoms with Crippen LogP contribution in [0, 0.1) is 0 Å². The monoisotopic (exact) mass is 232 g/mol. The van der Waals surface area contributed by atoms with Crippen molar-refractivity contribution >= 4 is 23.7 Å². The lowest BCUT2D eigenvalue weighted by atomic mass is 10.1. The molecule has 0 saturated carbocycles. The van der Waals surface area contributed by atoms with Gasteiger partial charge in [-0.15, -0.1) is 0 Å². The molecule has 0 bridgehead atoms. The van der Waals surface area contributed by atoms with Crippen molar-refractivity contribution in [2.75, 3.05) is 12.0 Å². The van der Waals surface area contributed by atoms with Gasteiger partial charge in [0.2, 0.25) is 0 Å². The first-order valence-corrected chi connectivity index (χ1v) is 5.90. The predicted molar refractivity (Wildman–Crippen MR) is 59.9 cm³/mol. The van der Waals surface area contributed by atoms with Crippen molar-refractivity contribution in [3.63, 3.8) is 0 Å². The van der Waals surface area contributed by atoms with Gasteiger partial charge in [-0.3, -0.25) is 0 Å². The van der Waals surface area contributed by atoms with E-state index in [0.29, 0.717) is 0 Å². The maximum atomic E-state index is 11.1. The van der Waals surface area contributed by atoms with Crippen LogP contribution in [0.15, 0.2) is 12.2 Å². The van der Waals surface area contributed by atoms with Crippen molar-refractivity contribution in [1.29, 1.82) is 0 Å². The Morgan fingerprint density at radius 2 is 2.00 bits per heavy atom. The van der Waals surface area contributed by atoms with E-state index in [2.05, 4.69) is 0 Å². The Balaban J connectivity index is 4.09. The molecule has 15 heavy (non-hydrogen) atoms. The fourth-order valence-electron chi connectivity index (χ4n) is 0.845. The number of esters is 1. The lowest BCUT2D eigenvalue weighted by Crippen LogP contribution is -2.28. The fraction of sp³-hybridized carbons (Fsp3) is 0.600. The van der Waals surface area contributed by atoms with E-state index < -0.39 is 17.5 Å². The SMILES string of the molecule is CSCCC(C)(C)OC(=O)C=CC(=O)O. The fourth-order valence-corrected chi connectivity index (χ4v) is 1.54. The Kier molecular flexibility index (Phi) is 6.08. The Morgan fingerprint density at radius 1 is 1.40 bits per heavy atom. The van der Waals surface area contributed by atoms with Crippen molar-refractivity contribution in [1.82, 2.24) is 0 Å². The predicted octanol–water partition coefficient (Wildman–Crippen LogP) is 1.70. The lowest BCUT2D eigenvalue weighted by Gasteiger charge is -2.23. The average molecular weight is 232 g/mol. The van der Waals surface area contributed by atoms with E-state index in [1.807, 2.05) is 6.26 Å². The summed E-state index contributed by atoms with van der Waals surface area (Å²) in [5.41, 5.74) is -0.553. The molecule has 0 fully saturated rings. The van der Waals surface area contributed by atoms with Crippen LogP contribution in [-0.2, 0) is 14.3 Å². The first kappa shape index (κ1) is 14.0. The second-order valence-corrected chi connectivity index (χ2v) is 4.58. The molecule has 0 aromatic rings. The molecule has 0 heterocycles. The maximum Gasteiger partial charge on any atom is 0.331 e. The molecule has 0 amide bonds. The number of thioether (sulfide) groups is 1. The summed E-state index contributed by atoms with van der Waals surface area (Å²) in [6, 6.07) is 0. The highest BCUT2D eigenvalue weighted by Gasteiger charge is 2.21. The van der Waals surface area contributed by atoms with Crippen LogP contribution in [0.2, 0.25) is 0 Å². The second kappa shape index (κ2) is 6.50. The van der Waals surface area contributed by atoms with Crippen LogP contribution < -0.4 is 0 Å². The number of rotatable bonds is 6. The minimum Gasteiger partial charge on any atom is -0.478 e. The number of aliphatic carboxylic acids is 1. The van der Waals surface area contributed by atoms with Gasteiger partial charge in [-0.1, -0.05) is 0 Å². The van der Waals surface area contributed by atoms with Gasteiger partial charge in [-0.25, -0.2) is 9.59 Å². The van der Waals surface area contributed by atoms with E-state index in [-0.39, 0.29) is 0 Å². The van der Waals surface area contributed by atoms with Gasteiger partial charge in [0, 0.05) is 12.2 Å². The molecule has 0 aliphatic rings. The molecule has 86 valence electrons. The molecule has 0 aromatic heterocycles. The second-order valence-electron chi connectivity index (χ2n) is 3.60. The van der Waals surface area contributed by atoms with E-state index in [0.717, 1.165) is 24.3 Å². The molecule has 1 N–H and O–H groups in total. The topological polar surface area (TPSA) is 63.6 Å². The zero-order valence-corrected chi connectivity index (χ0v) is 9.97. The number of hydrogen-bond donors (Lipinski definition) is 1. The summed E-state index contributed by atoms with van der Waals surface area (Å²) in [7, 11) is 0. The molecule has 0 aliphatic heterocycles. The number of carboxylic acids is 1. The number of carbonyl (C=O) groups is 2. The third-order valence-electron chi connectivity index (χ3n) is 1.65. The van der Waals surface area contributed by atoms with E-state index >= 15 is 0 Å². The average Bonchev–Trinajstić information content (AvgIpc) is 2.11. The minimum absolute atomic E-state index is 0.553. The van der Waals surface area contributed by atoms with Crippen molar-refractivity contribution in [3.8, 4) is 0 Å². The Labute approximate surface area is 93.7 Å². The molecule has 4 nitrogen and oxygen atoms in total. The molecular formula is C10H16O4S. The molecule has 0 aromatic carbocycles. The molecule has 0 radical (unpaired) electrons. The van der Waals surface area contributed by atoms with Crippen LogP contribution in [-0.4, -0.2) is 34.7 Å². The van der Waals surface area contributed by atoms with Crippen LogP contribution in [0.25, 0.3) is 0 Å². The molecule has 0 unspecified atom stereocenters. The normalized spacial score (nSPS) is 11.7. The maximum absolute atomic E-state index is 11.1. The van der Waals surface area contributed by atoms with E-state index in [9.17, 15) is 9.59 Å². The quantitative estimate of drug-likeness (QED) is 0.558. The Hall–Kier alpha value is -0.970. The van der Waals surface area contributed by atoms with Crippen LogP contribution in [0.5, 0.6) is 0 Å². The van der Waals surface area contributed by atoms with Gasteiger partial charge in [-0.05, 0) is 32.3 Å². The smallest absolute Gasteiger partial charge is 0.331 e. The van der Waals surface area contributed by atoms with Crippen LogP contribution >= 0.6 is 11.8 Å². The van der Waals surface area contributed by atoms with Crippen LogP contribution in [0.1, 0.15) is 20.3 Å². The van der Waals surface area contributed by atoms with Gasteiger partial charge in [0.1, 0.15) is 5.60 Å². The highest BCUT2D eigenvalue weighted by molar-refractivity contribution is 7.98. The molecule has 0 rings (SSSR count). The first-order chi connectivity index (χ1) is 6.87. The van der Waals surface area contributed by atoms with E-state index in [4.69, 9.17) is 9.84 Å². The number of carboxylic acid groups (broad SMARTS) is 1. The zero-order chi connectivity index (χ0) is 11.9. The summed E-state index contributed by atoms with van der Waals surface area (Å²) < 4.78 is 5.09. The Bertz CT molecular complexity index is 258. The standard InChI is InChI=1S/C10H16O4S/c1-10(2,6-7-15-3)14-9(13)5-4-8(11)12/h4-5H,6-7H2,1-3H3,(H,11,12). The summed E-state index contributed by atoms with van der Waals surface area (Å²) >= 11 is 1.67. The van der Waals surface area contributed by atoms with Gasteiger partial charge >= 0.3 is 11.9 Å². The molecule has 0 aliphatic carbocycles. The van der Waals surface area contributed by atoms with Crippen molar-refractivity contribution in [2.24, 2.45) is 0 Å². The largest absolute Gasteiger partial charge is 0.478 e. The lowest BCUT2D eigenvalue weighted by molar-refractivity contribution is -0.150. The van der Waals surface area contributed by atoms with Crippen molar-refractivity contribution < 1.29 is 19.4 Å². The van der Waals surface area contributed by atoms with Crippen molar-refractivity contribution in [3.05, 3.63) is 12.2 Å². The summed E-state index contributed by atoms with van der Waals surface area (Å²) in [4.78, 5) is 21.3. The summed E-state index contributed by atoms with van der Waals surface area (Å²) in [5, 5.41) is 8.30. The number of carbonyl (C=O) groups excluding carboxylic acids is 1. The summed E-state index contributed by atoms with van der Waals surface area (Å²) in [6.45, 7) is 3.60. The number of hydrogen-bond acceptors (Lipinski definition) is 4. The summed E-state index contributed by atoms with van der Waals surface area (Å²) in [5.74, 6) is -0.888. The highest BCUT2D eigenvalue weighted by Crippen LogP contribution is 2.17. The minimum atomic E-state index is -1.16. The third kappa shape index (κ3) is 8.05. The zero-order valence-electron chi connectivity index (χ0n) is 9.15. The van der Waals surface area contributed by atoms with Gasteiger partial charge in [0.25, 0.3) is 0 Å². The van der Waals surface area contributed by atoms with Gasteiger partial charge in [0.05, 0.1) is 0 Å². The van der Waals surface area contributed by atoms with Crippen LogP contribution in [0.3, 0.4) is 0 Å².